The molecule has 2 aromatic carbocycles. The van der Waals surface area contributed by atoms with E-state index in [2.05, 4.69) is 0 Å². The van der Waals surface area contributed by atoms with Gasteiger partial charge < -0.3 is 9.80 Å². The molecule has 2 aliphatic rings. The van der Waals surface area contributed by atoms with Crippen molar-refractivity contribution in [2.45, 2.75) is 38.5 Å². The van der Waals surface area contributed by atoms with Gasteiger partial charge in [0.05, 0.1) is 23.4 Å². The van der Waals surface area contributed by atoms with Crippen LogP contribution in [0, 0.1) is 6.92 Å². The lowest BCUT2D eigenvalue weighted by atomic mass is 9.92. The van der Waals surface area contributed by atoms with Crippen molar-refractivity contribution in [2.24, 2.45) is 0 Å². The number of benzene rings is 2. The van der Waals surface area contributed by atoms with Crippen molar-refractivity contribution in [3.8, 4) is 0 Å². The van der Waals surface area contributed by atoms with Crippen molar-refractivity contribution in [1.82, 2.24) is 0 Å². The first kappa shape index (κ1) is 20.7. The van der Waals surface area contributed by atoms with E-state index in [1.165, 1.54) is 17.9 Å². The fourth-order valence-corrected chi connectivity index (χ4v) is 4.03. The Labute approximate surface area is 164 Å². The van der Waals surface area contributed by atoms with Gasteiger partial charge in [-0.25, -0.2) is 0 Å². The van der Waals surface area contributed by atoms with E-state index in [0.717, 1.165) is 11.0 Å². The van der Waals surface area contributed by atoms with Gasteiger partial charge in [-0.3, -0.25) is 0 Å². The fraction of sp³-hybridized carbons (Fsp3) is 0.368. The van der Waals surface area contributed by atoms with Gasteiger partial charge in [-0.2, -0.15) is 39.5 Å². The Morgan fingerprint density at radius 3 is 1.57 bits per heavy atom. The molecule has 0 amide bonds. The second-order valence-electron chi connectivity index (χ2n) is 7.36. The summed E-state index contributed by atoms with van der Waals surface area (Å²) in [5, 5.41) is 0. The van der Waals surface area contributed by atoms with E-state index in [4.69, 9.17) is 0 Å². The first-order valence-electron chi connectivity index (χ1n) is 8.68. The molecular formula is C19H13F9N2. The molecule has 0 saturated carbocycles. The van der Waals surface area contributed by atoms with Crippen LogP contribution in [0.15, 0.2) is 24.3 Å². The minimum atomic E-state index is -5.05. The van der Waals surface area contributed by atoms with Crippen LogP contribution >= 0.6 is 0 Å². The van der Waals surface area contributed by atoms with Gasteiger partial charge in [0, 0.05) is 35.6 Å². The lowest BCUT2D eigenvalue weighted by Crippen LogP contribution is -2.47. The molecule has 2 aliphatic heterocycles. The lowest BCUT2D eigenvalue weighted by Gasteiger charge is -2.46. The van der Waals surface area contributed by atoms with Gasteiger partial charge in [-0.1, -0.05) is 0 Å². The molecule has 0 unspecified atom stereocenters. The fourth-order valence-electron chi connectivity index (χ4n) is 4.03. The monoisotopic (exact) mass is 440 g/mol. The Bertz CT molecular complexity index is 1020. The summed E-state index contributed by atoms with van der Waals surface area (Å²) in [6, 6.07) is 3.01. The summed E-state index contributed by atoms with van der Waals surface area (Å²) in [4.78, 5) is 2.45. The Balaban J connectivity index is 1.92. The molecule has 2 aromatic rings. The Morgan fingerprint density at radius 1 is 0.633 bits per heavy atom. The molecule has 0 aromatic heterocycles. The van der Waals surface area contributed by atoms with Crippen molar-refractivity contribution in [3.05, 3.63) is 57.6 Å². The predicted molar refractivity (Wildman–Crippen MR) is 89.9 cm³/mol. The third-order valence-electron chi connectivity index (χ3n) is 5.26. The Kier molecular flexibility index (Phi) is 4.28. The van der Waals surface area contributed by atoms with Gasteiger partial charge >= 0.3 is 18.5 Å². The summed E-state index contributed by atoms with van der Waals surface area (Å²) in [5.41, 5.74) is -4.37. The number of alkyl halides is 9. The van der Waals surface area contributed by atoms with E-state index in [1.807, 2.05) is 0 Å². The van der Waals surface area contributed by atoms with Crippen molar-refractivity contribution < 1.29 is 39.5 Å². The zero-order valence-corrected chi connectivity index (χ0v) is 15.2. The number of hydrogen-bond donors (Lipinski definition) is 0. The lowest BCUT2D eigenvalue weighted by molar-refractivity contribution is -0.143. The standard InChI is InChI=1S/C19H13F9N2/c1-9-2-13(18(23,24)25)11-6-30-8-29(15(11)3-9)7-12-14(19(26,27)28)4-10(5-16(12)30)17(20,21)22/h2-5H,6-8H2,1H3. The molecule has 4 rings (SSSR count). The first-order valence-corrected chi connectivity index (χ1v) is 8.68. The number of hydrogen-bond acceptors (Lipinski definition) is 2. The quantitative estimate of drug-likeness (QED) is 0.441. The first-order chi connectivity index (χ1) is 13.7. The molecule has 11 heteroatoms. The molecular weight excluding hydrogens is 427 g/mol. The number of aryl methyl sites for hydroxylation is 1. The molecule has 0 saturated heterocycles. The van der Waals surface area contributed by atoms with Crippen LogP contribution in [0.1, 0.15) is 33.4 Å². The summed E-state index contributed by atoms with van der Waals surface area (Å²) in [6.45, 7) is 0.426. The maximum absolute atomic E-state index is 13.5. The molecule has 0 fully saturated rings. The molecule has 0 atom stereocenters. The van der Waals surface area contributed by atoms with Crippen LogP contribution in [0.25, 0.3) is 0 Å². The van der Waals surface area contributed by atoms with Crippen LogP contribution in [0.2, 0.25) is 0 Å². The predicted octanol–water partition coefficient (Wildman–Crippen LogP) is 6.35. The zero-order chi connectivity index (χ0) is 22.2. The zero-order valence-electron chi connectivity index (χ0n) is 15.2. The van der Waals surface area contributed by atoms with Gasteiger partial charge in [0.15, 0.2) is 0 Å². The van der Waals surface area contributed by atoms with Crippen molar-refractivity contribution in [3.63, 3.8) is 0 Å². The summed E-state index contributed by atoms with van der Waals surface area (Å²) in [5.74, 6) is 0. The van der Waals surface area contributed by atoms with Crippen LogP contribution < -0.4 is 9.80 Å². The van der Waals surface area contributed by atoms with Crippen molar-refractivity contribution in [1.29, 1.82) is 0 Å². The molecule has 2 nitrogen and oxygen atoms in total. The average molecular weight is 440 g/mol. The van der Waals surface area contributed by atoms with Gasteiger partial charge in [0.25, 0.3) is 0 Å². The maximum atomic E-state index is 13.5. The van der Waals surface area contributed by atoms with Gasteiger partial charge in [-0.15, -0.1) is 0 Å². The van der Waals surface area contributed by atoms with Crippen molar-refractivity contribution in [2.75, 3.05) is 16.5 Å². The number of halogens is 9. The number of nitrogens with zero attached hydrogens (tertiary/aromatic N) is 2. The van der Waals surface area contributed by atoms with E-state index in [1.54, 1.807) is 0 Å². The summed E-state index contributed by atoms with van der Waals surface area (Å²) >= 11 is 0. The number of anilines is 2. The second-order valence-corrected chi connectivity index (χ2v) is 7.36. The van der Waals surface area contributed by atoms with Crippen LogP contribution in [-0.2, 0) is 31.6 Å². The Hall–Kier alpha value is -2.59. The topological polar surface area (TPSA) is 6.48 Å². The molecule has 0 N–H and O–H groups in total. The average Bonchev–Trinajstić information content (AvgIpc) is 2.58. The maximum Gasteiger partial charge on any atom is 0.416 e. The third kappa shape index (κ3) is 3.33. The molecule has 0 radical (unpaired) electrons. The van der Waals surface area contributed by atoms with Gasteiger partial charge in [-0.05, 0) is 36.8 Å². The van der Waals surface area contributed by atoms with Crippen LogP contribution in [-0.4, -0.2) is 6.67 Å². The molecule has 0 spiro atoms. The van der Waals surface area contributed by atoms with E-state index in [-0.39, 0.29) is 40.8 Å². The smallest absolute Gasteiger partial charge is 0.349 e. The van der Waals surface area contributed by atoms with Gasteiger partial charge in [0.1, 0.15) is 0 Å². The molecule has 0 aliphatic carbocycles. The highest BCUT2D eigenvalue weighted by molar-refractivity contribution is 5.72. The normalized spacial score (nSPS) is 16.5. The summed E-state index contributed by atoms with van der Waals surface area (Å²) in [6.07, 6.45) is -14.8. The minimum Gasteiger partial charge on any atom is -0.349 e. The highest BCUT2D eigenvalue weighted by Gasteiger charge is 2.44. The van der Waals surface area contributed by atoms with Crippen LogP contribution in [0.5, 0.6) is 0 Å². The van der Waals surface area contributed by atoms with Gasteiger partial charge in [0.2, 0.25) is 0 Å². The minimum absolute atomic E-state index is 0.0560. The molecule has 30 heavy (non-hydrogen) atoms. The van der Waals surface area contributed by atoms with Crippen LogP contribution in [0.4, 0.5) is 50.9 Å². The van der Waals surface area contributed by atoms with Crippen molar-refractivity contribution >= 4 is 11.4 Å². The molecule has 162 valence electrons. The SMILES string of the molecule is Cc1cc2c(c(C(F)(F)F)c1)CN1CN2Cc2c1cc(C(F)(F)F)cc2C(F)(F)F. The summed E-state index contributed by atoms with van der Waals surface area (Å²) in [7, 11) is 0. The number of fused-ring (bicyclic) bond motifs is 6. The summed E-state index contributed by atoms with van der Waals surface area (Å²) < 4.78 is 121. The third-order valence-corrected chi connectivity index (χ3v) is 5.26. The largest absolute Gasteiger partial charge is 0.416 e. The second kappa shape index (κ2) is 6.21. The van der Waals surface area contributed by atoms with E-state index >= 15 is 0 Å². The van der Waals surface area contributed by atoms with E-state index in [0.29, 0.717) is 6.07 Å². The van der Waals surface area contributed by atoms with Crippen LogP contribution in [0.3, 0.4) is 0 Å². The number of rotatable bonds is 0. The van der Waals surface area contributed by atoms with E-state index < -0.39 is 48.3 Å². The molecule has 2 heterocycles. The Morgan fingerprint density at radius 2 is 1.10 bits per heavy atom. The highest BCUT2D eigenvalue weighted by Crippen LogP contribution is 2.48. The molecule has 2 bridgehead atoms. The highest BCUT2D eigenvalue weighted by atomic mass is 19.4. The van der Waals surface area contributed by atoms with E-state index in [9.17, 15) is 39.5 Å².